The Morgan fingerprint density at radius 2 is 1.83 bits per heavy atom. The minimum atomic E-state index is -0.0565. The lowest BCUT2D eigenvalue weighted by Gasteiger charge is -2.34. The largest absolute Gasteiger partial charge is 0.399 e. The van der Waals surface area contributed by atoms with Crippen molar-refractivity contribution in [2.75, 3.05) is 45.5 Å². The van der Waals surface area contributed by atoms with Crippen LogP contribution in [0.15, 0.2) is 24.3 Å². The highest BCUT2D eigenvalue weighted by Crippen LogP contribution is 2.07. The molecule has 1 aromatic rings. The SMILES string of the molecule is CC(CN1CCN(C)CC1)NC(=O)c1cccc(N)c1.Cl.Cl.Cl. The van der Waals surface area contributed by atoms with E-state index < -0.39 is 0 Å². The molecule has 3 N–H and O–H groups in total. The van der Waals surface area contributed by atoms with Gasteiger partial charge in [0.25, 0.3) is 5.91 Å². The first-order valence-electron chi connectivity index (χ1n) is 7.12. The number of rotatable bonds is 4. The molecule has 134 valence electrons. The summed E-state index contributed by atoms with van der Waals surface area (Å²) in [6.45, 7) is 7.25. The smallest absolute Gasteiger partial charge is 0.251 e. The molecule has 0 aliphatic carbocycles. The average molecular weight is 386 g/mol. The van der Waals surface area contributed by atoms with Gasteiger partial charge in [-0.2, -0.15) is 0 Å². The quantitative estimate of drug-likeness (QED) is 0.777. The molecule has 1 aromatic carbocycles. The van der Waals surface area contributed by atoms with Gasteiger partial charge < -0.3 is 16.0 Å². The summed E-state index contributed by atoms with van der Waals surface area (Å²) in [5.41, 5.74) is 6.93. The molecule has 0 bridgehead atoms. The van der Waals surface area contributed by atoms with Crippen molar-refractivity contribution in [1.82, 2.24) is 15.1 Å². The van der Waals surface area contributed by atoms with Crippen LogP contribution in [0.2, 0.25) is 0 Å². The molecule has 2 rings (SSSR count). The van der Waals surface area contributed by atoms with Crippen LogP contribution in [0.5, 0.6) is 0 Å². The Bertz CT molecular complexity index is 468. The van der Waals surface area contributed by atoms with E-state index in [1.165, 1.54) is 0 Å². The number of piperazine rings is 1. The molecule has 1 aliphatic rings. The van der Waals surface area contributed by atoms with Gasteiger partial charge in [-0.05, 0) is 32.2 Å². The van der Waals surface area contributed by atoms with Gasteiger partial charge in [-0.15, -0.1) is 37.2 Å². The summed E-state index contributed by atoms with van der Waals surface area (Å²) < 4.78 is 0. The van der Waals surface area contributed by atoms with Crippen LogP contribution < -0.4 is 11.1 Å². The van der Waals surface area contributed by atoms with Gasteiger partial charge in [-0.25, -0.2) is 0 Å². The second-order valence-corrected chi connectivity index (χ2v) is 5.60. The second-order valence-electron chi connectivity index (χ2n) is 5.60. The molecular formula is C15H27Cl3N4O. The summed E-state index contributed by atoms with van der Waals surface area (Å²) >= 11 is 0. The standard InChI is InChI=1S/C15H24N4O.3ClH/c1-12(11-19-8-6-18(2)7-9-19)17-15(20)13-4-3-5-14(16)10-13;;;/h3-5,10,12H,6-9,11,16H2,1-2H3,(H,17,20);3*1H. The molecule has 0 aromatic heterocycles. The number of amides is 1. The first kappa shape index (κ1) is 24.5. The Balaban J connectivity index is 0. The van der Waals surface area contributed by atoms with Crippen LogP contribution in [0.3, 0.4) is 0 Å². The third-order valence-corrected chi connectivity index (χ3v) is 3.65. The minimum Gasteiger partial charge on any atom is -0.399 e. The number of nitrogens with one attached hydrogen (secondary N) is 1. The third kappa shape index (κ3) is 8.08. The van der Waals surface area contributed by atoms with E-state index in [2.05, 4.69) is 22.2 Å². The normalized spacial score (nSPS) is 16.3. The van der Waals surface area contributed by atoms with Crippen LogP contribution in [0.4, 0.5) is 5.69 Å². The maximum Gasteiger partial charge on any atom is 0.251 e. The summed E-state index contributed by atoms with van der Waals surface area (Å²) in [6.07, 6.45) is 0. The maximum absolute atomic E-state index is 12.1. The predicted octanol–water partition coefficient (Wildman–Crippen LogP) is 1.90. The van der Waals surface area contributed by atoms with Crippen molar-refractivity contribution in [2.24, 2.45) is 0 Å². The fourth-order valence-electron chi connectivity index (χ4n) is 2.45. The molecule has 1 aliphatic heterocycles. The molecule has 1 heterocycles. The number of anilines is 1. The molecule has 1 fully saturated rings. The molecule has 0 spiro atoms. The number of hydrogen-bond donors (Lipinski definition) is 2. The zero-order chi connectivity index (χ0) is 14.5. The van der Waals surface area contributed by atoms with E-state index in [9.17, 15) is 4.79 Å². The number of hydrogen-bond acceptors (Lipinski definition) is 4. The molecule has 8 heteroatoms. The van der Waals surface area contributed by atoms with Crippen molar-refractivity contribution in [3.05, 3.63) is 29.8 Å². The fraction of sp³-hybridized carbons (Fsp3) is 0.533. The van der Waals surface area contributed by atoms with Crippen LogP contribution in [-0.2, 0) is 0 Å². The highest BCUT2D eigenvalue weighted by Gasteiger charge is 2.17. The topological polar surface area (TPSA) is 61.6 Å². The zero-order valence-electron chi connectivity index (χ0n) is 13.5. The van der Waals surface area contributed by atoms with Gasteiger partial charge in [0.1, 0.15) is 0 Å². The van der Waals surface area contributed by atoms with Gasteiger partial charge >= 0.3 is 0 Å². The summed E-state index contributed by atoms with van der Waals surface area (Å²) in [6, 6.07) is 7.21. The van der Waals surface area contributed by atoms with Crippen LogP contribution >= 0.6 is 37.2 Å². The first-order valence-corrected chi connectivity index (χ1v) is 7.12. The number of halogens is 3. The fourth-order valence-corrected chi connectivity index (χ4v) is 2.45. The Labute approximate surface area is 157 Å². The van der Waals surface area contributed by atoms with Gasteiger partial charge in [0.05, 0.1) is 0 Å². The lowest BCUT2D eigenvalue weighted by molar-refractivity contribution is 0.0914. The van der Waals surface area contributed by atoms with Crippen molar-refractivity contribution >= 4 is 48.8 Å². The van der Waals surface area contributed by atoms with Gasteiger partial charge in [0.2, 0.25) is 0 Å². The van der Waals surface area contributed by atoms with E-state index >= 15 is 0 Å². The number of likely N-dealkylation sites (N-methyl/N-ethyl adjacent to an activating group) is 1. The molecular weight excluding hydrogens is 359 g/mol. The highest BCUT2D eigenvalue weighted by molar-refractivity contribution is 5.95. The van der Waals surface area contributed by atoms with Gasteiger partial charge in [-0.3, -0.25) is 9.69 Å². The Hall–Kier alpha value is -0.720. The van der Waals surface area contributed by atoms with Crippen LogP contribution in [0.1, 0.15) is 17.3 Å². The number of carbonyl (C=O) groups is 1. The zero-order valence-corrected chi connectivity index (χ0v) is 16.0. The first-order chi connectivity index (χ1) is 9.54. The van der Waals surface area contributed by atoms with Crippen molar-refractivity contribution in [1.29, 1.82) is 0 Å². The number of benzene rings is 1. The van der Waals surface area contributed by atoms with E-state index in [-0.39, 0.29) is 49.2 Å². The molecule has 0 radical (unpaired) electrons. The summed E-state index contributed by atoms with van der Waals surface area (Å²) in [5, 5.41) is 3.03. The summed E-state index contributed by atoms with van der Waals surface area (Å²) in [4.78, 5) is 16.8. The lowest BCUT2D eigenvalue weighted by Crippen LogP contribution is -2.49. The van der Waals surface area contributed by atoms with E-state index in [1.54, 1.807) is 24.3 Å². The van der Waals surface area contributed by atoms with Gasteiger partial charge in [-0.1, -0.05) is 6.07 Å². The number of carbonyl (C=O) groups excluding carboxylic acids is 1. The number of nitrogens with two attached hydrogens (primary N) is 1. The molecule has 23 heavy (non-hydrogen) atoms. The van der Waals surface area contributed by atoms with Crippen molar-refractivity contribution in [3.63, 3.8) is 0 Å². The van der Waals surface area contributed by atoms with Crippen molar-refractivity contribution in [3.8, 4) is 0 Å². The Kier molecular flexibility index (Phi) is 12.5. The summed E-state index contributed by atoms with van der Waals surface area (Å²) in [5.74, 6) is -0.0565. The van der Waals surface area contributed by atoms with Crippen LogP contribution in [-0.4, -0.2) is 61.5 Å². The van der Waals surface area contributed by atoms with Crippen LogP contribution in [0, 0.1) is 0 Å². The van der Waals surface area contributed by atoms with Gasteiger partial charge in [0.15, 0.2) is 0 Å². The minimum absolute atomic E-state index is 0. The van der Waals surface area contributed by atoms with E-state index in [0.29, 0.717) is 11.3 Å². The van der Waals surface area contributed by atoms with Gasteiger partial charge in [0, 0.05) is 50.0 Å². The van der Waals surface area contributed by atoms with Crippen LogP contribution in [0.25, 0.3) is 0 Å². The molecule has 1 unspecified atom stereocenters. The molecule has 5 nitrogen and oxygen atoms in total. The number of nitrogens with zero attached hydrogens (tertiary/aromatic N) is 2. The third-order valence-electron chi connectivity index (χ3n) is 3.65. The highest BCUT2D eigenvalue weighted by atomic mass is 35.5. The number of nitrogen functional groups attached to an aromatic ring is 1. The lowest BCUT2D eigenvalue weighted by atomic mass is 10.1. The molecule has 1 saturated heterocycles. The van der Waals surface area contributed by atoms with Crippen molar-refractivity contribution < 1.29 is 4.79 Å². The summed E-state index contributed by atoms with van der Waals surface area (Å²) in [7, 11) is 2.14. The second kappa shape index (κ2) is 11.8. The van der Waals surface area contributed by atoms with E-state index in [0.717, 1.165) is 32.7 Å². The molecule has 0 saturated carbocycles. The molecule has 1 atom stereocenters. The van der Waals surface area contributed by atoms with E-state index in [4.69, 9.17) is 5.73 Å². The Morgan fingerprint density at radius 3 is 2.39 bits per heavy atom. The van der Waals surface area contributed by atoms with E-state index in [1.807, 2.05) is 6.92 Å². The maximum atomic E-state index is 12.1. The average Bonchev–Trinajstić information content (AvgIpc) is 2.41. The van der Waals surface area contributed by atoms with Crippen molar-refractivity contribution in [2.45, 2.75) is 13.0 Å². The monoisotopic (exact) mass is 384 g/mol. The Morgan fingerprint density at radius 1 is 1.22 bits per heavy atom. The predicted molar refractivity (Wildman–Crippen MR) is 103 cm³/mol. The molecule has 1 amide bonds.